The molecule has 3 nitrogen and oxygen atoms in total. The smallest absolute Gasteiger partial charge is 0.310 e. The van der Waals surface area contributed by atoms with Gasteiger partial charge in [-0.15, -0.1) is 0 Å². The number of rotatable bonds is 7. The summed E-state index contributed by atoms with van der Waals surface area (Å²) in [5.41, 5.74) is 0.830. The number of aliphatic carboxylic acids is 1. The van der Waals surface area contributed by atoms with Gasteiger partial charge in [0.15, 0.2) is 0 Å². The standard InChI is InChI=1S/C13H17BrO3/c14-11-6-4-5-10(9-11)12(13(16)17)7-2-1-3-8-15/h4-6,9,12,15H,1-3,7-8H2,(H,16,17). The minimum atomic E-state index is -0.785. The van der Waals surface area contributed by atoms with Gasteiger partial charge in [-0.25, -0.2) is 0 Å². The highest BCUT2D eigenvalue weighted by Crippen LogP contribution is 2.25. The normalized spacial score (nSPS) is 12.4. The van der Waals surface area contributed by atoms with Crippen molar-refractivity contribution in [1.29, 1.82) is 0 Å². The van der Waals surface area contributed by atoms with Crippen LogP contribution >= 0.6 is 15.9 Å². The van der Waals surface area contributed by atoms with Crippen LogP contribution in [0, 0.1) is 0 Å². The molecule has 1 aromatic carbocycles. The largest absolute Gasteiger partial charge is 0.481 e. The van der Waals surface area contributed by atoms with Gasteiger partial charge in [0.2, 0.25) is 0 Å². The van der Waals surface area contributed by atoms with E-state index in [0.29, 0.717) is 6.42 Å². The van der Waals surface area contributed by atoms with Crippen LogP contribution < -0.4 is 0 Å². The zero-order valence-corrected chi connectivity index (χ0v) is 11.2. The van der Waals surface area contributed by atoms with Crippen molar-refractivity contribution in [3.63, 3.8) is 0 Å². The van der Waals surface area contributed by atoms with E-state index in [1.807, 2.05) is 24.3 Å². The summed E-state index contributed by atoms with van der Waals surface area (Å²) in [6.07, 6.45) is 3.05. The number of unbranched alkanes of at least 4 members (excludes halogenated alkanes) is 2. The zero-order chi connectivity index (χ0) is 12.7. The van der Waals surface area contributed by atoms with E-state index in [0.717, 1.165) is 29.3 Å². The molecule has 1 rings (SSSR count). The Hall–Kier alpha value is -0.870. The average molecular weight is 301 g/mol. The Bertz CT molecular complexity index is 365. The van der Waals surface area contributed by atoms with Gasteiger partial charge in [0.25, 0.3) is 0 Å². The molecule has 0 amide bonds. The number of carboxylic acids is 1. The van der Waals surface area contributed by atoms with Crippen LogP contribution in [0.1, 0.15) is 37.2 Å². The summed E-state index contributed by atoms with van der Waals surface area (Å²) in [5, 5.41) is 17.9. The summed E-state index contributed by atoms with van der Waals surface area (Å²) in [7, 11) is 0. The Morgan fingerprint density at radius 1 is 1.29 bits per heavy atom. The predicted molar refractivity (Wildman–Crippen MR) is 70.1 cm³/mol. The van der Waals surface area contributed by atoms with Crippen molar-refractivity contribution in [1.82, 2.24) is 0 Å². The van der Waals surface area contributed by atoms with Crippen LogP contribution in [0.3, 0.4) is 0 Å². The second kappa shape index (κ2) is 7.45. The highest BCUT2D eigenvalue weighted by Gasteiger charge is 2.19. The highest BCUT2D eigenvalue weighted by atomic mass is 79.9. The number of hydrogen-bond acceptors (Lipinski definition) is 2. The first-order valence-corrected chi connectivity index (χ1v) is 6.53. The summed E-state index contributed by atoms with van der Waals surface area (Å²) in [6.45, 7) is 0.175. The van der Waals surface area contributed by atoms with E-state index in [9.17, 15) is 9.90 Å². The van der Waals surface area contributed by atoms with Crippen LogP contribution in [0.2, 0.25) is 0 Å². The van der Waals surface area contributed by atoms with E-state index in [-0.39, 0.29) is 6.61 Å². The lowest BCUT2D eigenvalue weighted by Crippen LogP contribution is -2.11. The molecule has 0 fully saturated rings. The molecule has 17 heavy (non-hydrogen) atoms. The molecule has 0 heterocycles. The summed E-state index contributed by atoms with van der Waals surface area (Å²) in [5.74, 6) is -1.24. The van der Waals surface area contributed by atoms with E-state index in [4.69, 9.17) is 5.11 Å². The van der Waals surface area contributed by atoms with Crippen molar-refractivity contribution in [2.45, 2.75) is 31.6 Å². The first kappa shape index (κ1) is 14.2. The quantitative estimate of drug-likeness (QED) is 0.761. The molecule has 0 saturated carbocycles. The Labute approximate surface area is 110 Å². The summed E-state index contributed by atoms with van der Waals surface area (Å²) in [6, 6.07) is 7.43. The molecule has 0 aromatic heterocycles. The fourth-order valence-electron chi connectivity index (χ4n) is 1.79. The number of hydrogen-bond donors (Lipinski definition) is 2. The van der Waals surface area contributed by atoms with Gasteiger partial charge in [0, 0.05) is 11.1 Å². The molecule has 4 heteroatoms. The molecule has 0 radical (unpaired) electrons. The van der Waals surface area contributed by atoms with Gasteiger partial charge in [0.05, 0.1) is 5.92 Å². The molecule has 0 saturated heterocycles. The molecular weight excluding hydrogens is 284 g/mol. The van der Waals surface area contributed by atoms with E-state index < -0.39 is 11.9 Å². The molecule has 1 unspecified atom stereocenters. The minimum Gasteiger partial charge on any atom is -0.481 e. The summed E-state index contributed by atoms with van der Waals surface area (Å²) >= 11 is 3.35. The van der Waals surface area contributed by atoms with Gasteiger partial charge < -0.3 is 10.2 Å². The van der Waals surface area contributed by atoms with Gasteiger partial charge >= 0.3 is 5.97 Å². The monoisotopic (exact) mass is 300 g/mol. The van der Waals surface area contributed by atoms with Crippen LogP contribution in [-0.2, 0) is 4.79 Å². The maximum absolute atomic E-state index is 11.2. The molecule has 1 aromatic rings. The van der Waals surface area contributed by atoms with Crippen LogP contribution in [0.15, 0.2) is 28.7 Å². The number of carbonyl (C=O) groups is 1. The van der Waals surface area contributed by atoms with E-state index in [1.165, 1.54) is 0 Å². The molecule has 0 spiro atoms. The maximum Gasteiger partial charge on any atom is 0.310 e. The van der Waals surface area contributed by atoms with Gasteiger partial charge in [-0.2, -0.15) is 0 Å². The first-order chi connectivity index (χ1) is 8.15. The van der Waals surface area contributed by atoms with Crippen molar-refractivity contribution in [3.05, 3.63) is 34.3 Å². The summed E-state index contributed by atoms with van der Waals surface area (Å²) in [4.78, 5) is 11.2. The van der Waals surface area contributed by atoms with Crippen molar-refractivity contribution in [3.8, 4) is 0 Å². The van der Waals surface area contributed by atoms with Gasteiger partial charge in [-0.3, -0.25) is 4.79 Å². The van der Waals surface area contributed by atoms with Crippen molar-refractivity contribution in [2.24, 2.45) is 0 Å². The second-order valence-electron chi connectivity index (χ2n) is 4.02. The maximum atomic E-state index is 11.2. The lowest BCUT2D eigenvalue weighted by atomic mass is 9.93. The molecule has 2 N–H and O–H groups in total. The van der Waals surface area contributed by atoms with Crippen LogP contribution in [0.5, 0.6) is 0 Å². The van der Waals surface area contributed by atoms with Crippen LogP contribution in [-0.4, -0.2) is 22.8 Å². The summed E-state index contributed by atoms with van der Waals surface area (Å²) < 4.78 is 0.900. The molecule has 0 bridgehead atoms. The third-order valence-corrected chi connectivity index (χ3v) is 3.19. The fourth-order valence-corrected chi connectivity index (χ4v) is 2.21. The van der Waals surface area contributed by atoms with E-state index in [1.54, 1.807) is 0 Å². The number of benzene rings is 1. The van der Waals surface area contributed by atoms with Gasteiger partial charge in [-0.1, -0.05) is 40.9 Å². The Morgan fingerprint density at radius 2 is 2.06 bits per heavy atom. The van der Waals surface area contributed by atoms with Crippen molar-refractivity contribution >= 4 is 21.9 Å². The number of aliphatic hydroxyl groups excluding tert-OH is 1. The number of aliphatic hydroxyl groups is 1. The van der Waals surface area contributed by atoms with Gasteiger partial charge in [0.1, 0.15) is 0 Å². The SMILES string of the molecule is O=C(O)C(CCCCCO)c1cccc(Br)c1. The second-order valence-corrected chi connectivity index (χ2v) is 4.93. The topological polar surface area (TPSA) is 57.5 Å². The first-order valence-electron chi connectivity index (χ1n) is 5.74. The lowest BCUT2D eigenvalue weighted by molar-refractivity contribution is -0.139. The van der Waals surface area contributed by atoms with Crippen molar-refractivity contribution < 1.29 is 15.0 Å². The molecule has 94 valence electrons. The lowest BCUT2D eigenvalue weighted by Gasteiger charge is -2.12. The zero-order valence-electron chi connectivity index (χ0n) is 9.60. The van der Waals surface area contributed by atoms with Crippen LogP contribution in [0.4, 0.5) is 0 Å². The molecule has 0 aliphatic carbocycles. The molecule has 1 atom stereocenters. The predicted octanol–water partition coefficient (Wildman–Crippen LogP) is 3.17. The molecular formula is C13H17BrO3. The fraction of sp³-hybridized carbons (Fsp3) is 0.462. The number of halogens is 1. The molecule has 0 aliphatic rings. The van der Waals surface area contributed by atoms with Gasteiger partial charge in [-0.05, 0) is 30.5 Å². The third-order valence-electron chi connectivity index (χ3n) is 2.70. The number of carboxylic acid groups (broad SMARTS) is 1. The minimum absolute atomic E-state index is 0.175. The van der Waals surface area contributed by atoms with E-state index >= 15 is 0 Å². The Balaban J connectivity index is 2.63. The average Bonchev–Trinajstić information content (AvgIpc) is 2.28. The highest BCUT2D eigenvalue weighted by molar-refractivity contribution is 9.10. The van der Waals surface area contributed by atoms with Crippen LogP contribution in [0.25, 0.3) is 0 Å². The van der Waals surface area contributed by atoms with Crippen molar-refractivity contribution in [2.75, 3.05) is 6.61 Å². The Kier molecular flexibility index (Phi) is 6.22. The Morgan fingerprint density at radius 3 is 2.65 bits per heavy atom. The molecule has 0 aliphatic heterocycles. The third kappa shape index (κ3) is 4.88. The van der Waals surface area contributed by atoms with E-state index in [2.05, 4.69) is 15.9 Å².